The molecule has 0 spiro atoms. The summed E-state index contributed by atoms with van der Waals surface area (Å²) in [5.74, 6) is 0. The Morgan fingerprint density at radius 2 is 1.96 bits per heavy atom. The highest BCUT2D eigenvalue weighted by Gasteiger charge is 2.47. The Hall–Kier alpha value is -1.62. The second kappa shape index (κ2) is 6.48. The number of primary amides is 1. The van der Waals surface area contributed by atoms with Gasteiger partial charge in [0.15, 0.2) is 0 Å². The second-order valence-electron chi connectivity index (χ2n) is 7.32. The van der Waals surface area contributed by atoms with Crippen molar-refractivity contribution in [1.82, 2.24) is 0 Å². The number of hydrogen-bond acceptors (Lipinski definition) is 4. The van der Waals surface area contributed by atoms with Crippen molar-refractivity contribution >= 4 is 29.1 Å². The summed E-state index contributed by atoms with van der Waals surface area (Å²) in [6.07, 6.45) is 2.60. The van der Waals surface area contributed by atoms with Crippen LogP contribution in [0.25, 0.3) is 0 Å². The Labute approximate surface area is 142 Å². The van der Waals surface area contributed by atoms with E-state index in [1.165, 1.54) is 0 Å². The summed E-state index contributed by atoms with van der Waals surface area (Å²) in [5, 5.41) is 4.09. The van der Waals surface area contributed by atoms with Gasteiger partial charge in [0.25, 0.3) is 0 Å². The molecule has 0 atom stereocenters. The number of nitrogens with one attached hydrogen (secondary N) is 1. The van der Waals surface area contributed by atoms with Crippen LogP contribution in [0, 0.1) is 5.41 Å². The molecule has 1 amide bonds. The fraction of sp³-hybridized carbons (Fsp3) is 0.588. The van der Waals surface area contributed by atoms with E-state index < -0.39 is 11.7 Å². The number of benzene rings is 1. The molecule has 1 aliphatic rings. The molecule has 1 fully saturated rings. The third kappa shape index (κ3) is 4.02. The molecule has 128 valence electrons. The van der Waals surface area contributed by atoms with E-state index in [9.17, 15) is 4.79 Å². The Bertz CT molecular complexity index is 576. The zero-order valence-electron chi connectivity index (χ0n) is 14.0. The van der Waals surface area contributed by atoms with Gasteiger partial charge in [-0.05, 0) is 43.9 Å². The van der Waals surface area contributed by atoms with Crippen molar-refractivity contribution in [3.05, 3.63) is 23.2 Å². The first-order valence-corrected chi connectivity index (χ1v) is 8.31. The van der Waals surface area contributed by atoms with Crippen molar-refractivity contribution in [2.24, 2.45) is 11.1 Å². The quantitative estimate of drug-likeness (QED) is 0.721. The molecular formula is C17H26ClN3O2. The van der Waals surface area contributed by atoms with Gasteiger partial charge in [-0.1, -0.05) is 32.4 Å². The van der Waals surface area contributed by atoms with E-state index in [0.717, 1.165) is 31.4 Å². The highest BCUT2D eigenvalue weighted by Crippen LogP contribution is 2.45. The normalized spacial score (nSPS) is 25.0. The highest BCUT2D eigenvalue weighted by molar-refractivity contribution is 6.31. The molecular weight excluding hydrogens is 314 g/mol. The van der Waals surface area contributed by atoms with Gasteiger partial charge in [-0.3, -0.25) is 0 Å². The zero-order valence-corrected chi connectivity index (χ0v) is 14.7. The Morgan fingerprint density at radius 1 is 1.35 bits per heavy atom. The van der Waals surface area contributed by atoms with Crippen LogP contribution in [0.4, 0.5) is 16.2 Å². The minimum Gasteiger partial charge on any atom is -0.443 e. The summed E-state index contributed by atoms with van der Waals surface area (Å²) in [6, 6.07) is 5.73. The Kier molecular flexibility index (Phi) is 4.99. The number of carbonyl (C=O) groups is 1. The van der Waals surface area contributed by atoms with E-state index in [0.29, 0.717) is 10.7 Å². The lowest BCUT2D eigenvalue weighted by Crippen LogP contribution is -2.51. The van der Waals surface area contributed by atoms with Crippen molar-refractivity contribution in [3.63, 3.8) is 0 Å². The number of nitrogens with two attached hydrogens (primary N) is 2. The van der Waals surface area contributed by atoms with E-state index >= 15 is 0 Å². The molecule has 0 radical (unpaired) electrons. The van der Waals surface area contributed by atoms with E-state index in [-0.39, 0.29) is 11.5 Å². The fourth-order valence-electron chi connectivity index (χ4n) is 3.31. The van der Waals surface area contributed by atoms with Crippen LogP contribution in [0.1, 0.15) is 46.5 Å². The minimum atomic E-state index is -0.701. The van der Waals surface area contributed by atoms with Gasteiger partial charge in [-0.15, -0.1) is 0 Å². The van der Waals surface area contributed by atoms with Gasteiger partial charge in [0.1, 0.15) is 5.60 Å². The second-order valence-corrected chi connectivity index (χ2v) is 7.75. The fourth-order valence-corrected chi connectivity index (χ4v) is 3.49. The van der Waals surface area contributed by atoms with Crippen LogP contribution in [0.5, 0.6) is 0 Å². The van der Waals surface area contributed by atoms with Gasteiger partial charge in [0.2, 0.25) is 0 Å². The van der Waals surface area contributed by atoms with Crippen LogP contribution in [0.2, 0.25) is 5.02 Å². The van der Waals surface area contributed by atoms with Crippen molar-refractivity contribution in [1.29, 1.82) is 0 Å². The summed E-state index contributed by atoms with van der Waals surface area (Å²) < 4.78 is 5.55. The third-order valence-electron chi connectivity index (χ3n) is 4.83. The van der Waals surface area contributed by atoms with Crippen molar-refractivity contribution in [3.8, 4) is 0 Å². The SMILES string of the molecule is CC(C)(C)[C@]1(OC(N)=O)CC[C@H](Nc2ccc(Cl)cc2N)CC1. The van der Waals surface area contributed by atoms with Crippen LogP contribution in [-0.2, 0) is 4.74 Å². The molecule has 0 aromatic heterocycles. The molecule has 0 heterocycles. The Morgan fingerprint density at radius 3 is 2.43 bits per heavy atom. The van der Waals surface area contributed by atoms with Gasteiger partial charge in [0.05, 0.1) is 11.4 Å². The summed E-state index contributed by atoms with van der Waals surface area (Å²) in [4.78, 5) is 11.3. The minimum absolute atomic E-state index is 0.160. The molecule has 0 unspecified atom stereocenters. The molecule has 0 bridgehead atoms. The van der Waals surface area contributed by atoms with E-state index in [1.807, 2.05) is 12.1 Å². The van der Waals surface area contributed by atoms with E-state index in [2.05, 4.69) is 26.1 Å². The smallest absolute Gasteiger partial charge is 0.405 e. The topological polar surface area (TPSA) is 90.4 Å². The van der Waals surface area contributed by atoms with Crippen molar-refractivity contribution in [2.75, 3.05) is 11.1 Å². The molecule has 5 N–H and O–H groups in total. The summed E-state index contributed by atoms with van der Waals surface area (Å²) in [6.45, 7) is 6.25. The summed E-state index contributed by atoms with van der Waals surface area (Å²) in [7, 11) is 0. The van der Waals surface area contributed by atoms with Gasteiger partial charge in [0, 0.05) is 16.5 Å². The highest BCUT2D eigenvalue weighted by atomic mass is 35.5. The number of ether oxygens (including phenoxy) is 1. The lowest BCUT2D eigenvalue weighted by atomic mass is 9.67. The van der Waals surface area contributed by atoms with Gasteiger partial charge in [-0.2, -0.15) is 0 Å². The number of rotatable bonds is 3. The van der Waals surface area contributed by atoms with Crippen LogP contribution in [-0.4, -0.2) is 17.7 Å². The number of halogens is 1. The predicted octanol–water partition coefficient (Wildman–Crippen LogP) is 4.16. The number of anilines is 2. The van der Waals surface area contributed by atoms with Crippen molar-refractivity contribution < 1.29 is 9.53 Å². The molecule has 1 aliphatic carbocycles. The molecule has 0 aliphatic heterocycles. The molecule has 1 aromatic rings. The number of amides is 1. The summed E-state index contributed by atoms with van der Waals surface area (Å²) >= 11 is 5.93. The summed E-state index contributed by atoms with van der Waals surface area (Å²) in [5.41, 5.74) is 12.1. The largest absolute Gasteiger partial charge is 0.443 e. The number of carbonyl (C=O) groups excluding carboxylic acids is 1. The first-order valence-electron chi connectivity index (χ1n) is 7.93. The Balaban J connectivity index is 2.05. The monoisotopic (exact) mass is 339 g/mol. The molecule has 5 nitrogen and oxygen atoms in total. The molecule has 1 aromatic carbocycles. The lowest BCUT2D eigenvalue weighted by molar-refractivity contribution is -0.0904. The first-order chi connectivity index (χ1) is 10.6. The molecule has 23 heavy (non-hydrogen) atoms. The maximum absolute atomic E-state index is 11.3. The molecule has 6 heteroatoms. The lowest BCUT2D eigenvalue weighted by Gasteiger charge is -2.47. The van der Waals surface area contributed by atoms with Gasteiger partial charge in [-0.25, -0.2) is 4.79 Å². The van der Waals surface area contributed by atoms with Crippen LogP contribution < -0.4 is 16.8 Å². The maximum Gasteiger partial charge on any atom is 0.405 e. The van der Waals surface area contributed by atoms with Crippen molar-refractivity contribution in [2.45, 2.75) is 58.1 Å². The average Bonchev–Trinajstić information content (AvgIpc) is 2.42. The van der Waals surface area contributed by atoms with Crippen LogP contribution >= 0.6 is 11.6 Å². The maximum atomic E-state index is 11.3. The average molecular weight is 340 g/mol. The molecule has 2 rings (SSSR count). The van der Waals surface area contributed by atoms with Gasteiger partial charge >= 0.3 is 6.09 Å². The number of nitrogen functional groups attached to an aromatic ring is 1. The first kappa shape index (κ1) is 17.7. The predicted molar refractivity (Wildman–Crippen MR) is 94.6 cm³/mol. The van der Waals surface area contributed by atoms with Gasteiger partial charge < -0.3 is 21.5 Å². The third-order valence-corrected chi connectivity index (χ3v) is 5.06. The molecule has 1 saturated carbocycles. The van der Waals surface area contributed by atoms with E-state index in [1.54, 1.807) is 6.07 Å². The molecule has 0 saturated heterocycles. The van der Waals surface area contributed by atoms with Crippen LogP contribution in [0.15, 0.2) is 18.2 Å². The standard InChI is InChI=1S/C17H26ClN3O2/c1-16(2,3)17(23-15(20)22)8-6-12(7-9-17)21-14-5-4-11(18)10-13(14)19/h4-5,10,12,21H,6-9,19H2,1-3H3,(H2,20,22)/t12-,17-. The van der Waals surface area contributed by atoms with E-state index in [4.69, 9.17) is 27.8 Å². The number of hydrogen-bond donors (Lipinski definition) is 3. The zero-order chi connectivity index (χ0) is 17.3. The van der Waals surface area contributed by atoms with Crippen LogP contribution in [0.3, 0.4) is 0 Å².